The lowest BCUT2D eigenvalue weighted by molar-refractivity contribution is -0.146. The highest BCUT2D eigenvalue weighted by molar-refractivity contribution is 5.79. The van der Waals surface area contributed by atoms with Crippen LogP contribution in [0.5, 0.6) is 0 Å². The van der Waals surface area contributed by atoms with Crippen LogP contribution in [0.2, 0.25) is 0 Å². The van der Waals surface area contributed by atoms with E-state index in [0.717, 1.165) is 25.9 Å². The van der Waals surface area contributed by atoms with E-state index in [2.05, 4.69) is 18.7 Å². The van der Waals surface area contributed by atoms with Gasteiger partial charge in [0.25, 0.3) is 0 Å². The summed E-state index contributed by atoms with van der Waals surface area (Å²) in [4.78, 5) is 16.9. The standard InChI is InChI=1S/C19H27FN2O2/c1-14-10-21(13-19(2,3)24-14)12-18(23)22(16-8-9-16)11-15-6-4-5-7-17(15)20/h4-7,14,16H,8-13H2,1-3H3. The number of ether oxygens (including phenoxy) is 1. The molecule has 2 aliphatic rings. The van der Waals surface area contributed by atoms with Gasteiger partial charge >= 0.3 is 0 Å². The fourth-order valence-electron chi connectivity index (χ4n) is 3.61. The smallest absolute Gasteiger partial charge is 0.237 e. The first kappa shape index (κ1) is 17.4. The van der Waals surface area contributed by atoms with Crippen LogP contribution in [-0.2, 0) is 16.1 Å². The number of hydrogen-bond acceptors (Lipinski definition) is 3. The number of carbonyl (C=O) groups excluding carboxylic acids is 1. The first-order valence-corrected chi connectivity index (χ1v) is 8.77. The largest absolute Gasteiger partial charge is 0.370 e. The minimum absolute atomic E-state index is 0.0886. The van der Waals surface area contributed by atoms with Crippen LogP contribution in [0, 0.1) is 5.82 Å². The lowest BCUT2D eigenvalue weighted by Crippen LogP contribution is -2.54. The summed E-state index contributed by atoms with van der Waals surface area (Å²) in [5, 5.41) is 0. The lowest BCUT2D eigenvalue weighted by Gasteiger charge is -2.42. The van der Waals surface area contributed by atoms with E-state index in [1.807, 2.05) is 17.9 Å². The number of benzene rings is 1. The van der Waals surface area contributed by atoms with Crippen molar-refractivity contribution in [1.82, 2.24) is 9.80 Å². The first-order valence-electron chi connectivity index (χ1n) is 8.77. The summed E-state index contributed by atoms with van der Waals surface area (Å²) in [6, 6.07) is 6.98. The van der Waals surface area contributed by atoms with Gasteiger partial charge in [0.1, 0.15) is 5.82 Å². The summed E-state index contributed by atoms with van der Waals surface area (Å²) in [7, 11) is 0. The summed E-state index contributed by atoms with van der Waals surface area (Å²) < 4.78 is 19.8. The lowest BCUT2D eigenvalue weighted by atomic mass is 10.1. The van der Waals surface area contributed by atoms with Gasteiger partial charge in [-0.1, -0.05) is 18.2 Å². The van der Waals surface area contributed by atoms with Crippen molar-refractivity contribution in [2.45, 2.75) is 57.9 Å². The molecule has 1 saturated heterocycles. The maximum Gasteiger partial charge on any atom is 0.237 e. The third-order valence-electron chi connectivity index (χ3n) is 4.61. The molecule has 1 aromatic rings. The summed E-state index contributed by atoms with van der Waals surface area (Å²) in [5.74, 6) is -0.150. The van der Waals surface area contributed by atoms with Gasteiger partial charge in [-0.15, -0.1) is 0 Å². The van der Waals surface area contributed by atoms with Crippen molar-refractivity contribution in [3.63, 3.8) is 0 Å². The molecule has 1 unspecified atom stereocenters. The van der Waals surface area contributed by atoms with Crippen molar-refractivity contribution < 1.29 is 13.9 Å². The average Bonchev–Trinajstić information content (AvgIpc) is 3.28. The van der Waals surface area contributed by atoms with Crippen molar-refractivity contribution >= 4 is 5.91 Å². The van der Waals surface area contributed by atoms with Gasteiger partial charge in [0.2, 0.25) is 5.91 Å². The predicted molar refractivity (Wildman–Crippen MR) is 91.0 cm³/mol. The molecule has 1 amide bonds. The molecule has 0 N–H and O–H groups in total. The average molecular weight is 334 g/mol. The highest BCUT2D eigenvalue weighted by atomic mass is 19.1. The molecule has 0 bridgehead atoms. The SMILES string of the molecule is CC1CN(CC(=O)N(Cc2ccccc2F)C2CC2)CC(C)(C)O1. The molecule has 1 aliphatic heterocycles. The van der Waals surface area contributed by atoms with E-state index in [0.29, 0.717) is 18.7 Å². The fraction of sp³-hybridized carbons (Fsp3) is 0.632. The van der Waals surface area contributed by atoms with E-state index in [-0.39, 0.29) is 29.5 Å². The highest BCUT2D eigenvalue weighted by Crippen LogP contribution is 2.29. The number of nitrogens with zero attached hydrogens (tertiary/aromatic N) is 2. The van der Waals surface area contributed by atoms with E-state index >= 15 is 0 Å². The van der Waals surface area contributed by atoms with Crippen LogP contribution in [0.1, 0.15) is 39.2 Å². The van der Waals surface area contributed by atoms with Crippen LogP contribution in [0.3, 0.4) is 0 Å². The maximum absolute atomic E-state index is 13.9. The van der Waals surface area contributed by atoms with Crippen molar-refractivity contribution in [2.24, 2.45) is 0 Å². The molecule has 0 radical (unpaired) electrons. The third-order valence-corrected chi connectivity index (χ3v) is 4.61. The highest BCUT2D eigenvalue weighted by Gasteiger charge is 2.36. The van der Waals surface area contributed by atoms with Crippen LogP contribution < -0.4 is 0 Å². The van der Waals surface area contributed by atoms with Crippen LogP contribution in [0.25, 0.3) is 0 Å². The zero-order valence-corrected chi connectivity index (χ0v) is 14.8. The molecule has 5 heteroatoms. The number of amides is 1. The van der Waals surface area contributed by atoms with E-state index in [1.165, 1.54) is 6.07 Å². The molecule has 24 heavy (non-hydrogen) atoms. The number of rotatable bonds is 5. The van der Waals surface area contributed by atoms with Gasteiger partial charge in [0.15, 0.2) is 0 Å². The molecule has 0 spiro atoms. The van der Waals surface area contributed by atoms with E-state index < -0.39 is 0 Å². The minimum atomic E-state index is -0.242. The molecule has 1 saturated carbocycles. The van der Waals surface area contributed by atoms with Crippen LogP contribution in [0.4, 0.5) is 4.39 Å². The topological polar surface area (TPSA) is 32.8 Å². The van der Waals surface area contributed by atoms with Crippen molar-refractivity contribution in [1.29, 1.82) is 0 Å². The molecule has 1 atom stereocenters. The monoisotopic (exact) mass is 334 g/mol. The second kappa shape index (κ2) is 6.81. The normalized spacial score (nSPS) is 23.9. The summed E-state index contributed by atoms with van der Waals surface area (Å²) in [6.07, 6.45) is 2.15. The minimum Gasteiger partial charge on any atom is -0.370 e. The van der Waals surface area contributed by atoms with E-state index in [1.54, 1.807) is 12.1 Å². The Bertz CT molecular complexity index is 601. The molecule has 3 rings (SSSR count). The maximum atomic E-state index is 13.9. The molecule has 132 valence electrons. The molecule has 2 fully saturated rings. The zero-order valence-electron chi connectivity index (χ0n) is 14.8. The zero-order chi connectivity index (χ0) is 17.3. The van der Waals surface area contributed by atoms with Crippen molar-refractivity contribution in [3.8, 4) is 0 Å². The summed E-state index contributed by atoms with van der Waals surface area (Å²) in [6.45, 7) is 8.38. The number of hydrogen-bond donors (Lipinski definition) is 0. The Balaban J connectivity index is 1.66. The first-order chi connectivity index (χ1) is 11.3. The Morgan fingerprint density at radius 2 is 2.08 bits per heavy atom. The second-order valence-corrected chi connectivity index (χ2v) is 7.70. The summed E-state index contributed by atoms with van der Waals surface area (Å²) in [5.41, 5.74) is 0.349. The van der Waals surface area contributed by atoms with Crippen LogP contribution >= 0.6 is 0 Å². The molecule has 4 nitrogen and oxygen atoms in total. The Morgan fingerprint density at radius 3 is 2.71 bits per heavy atom. The number of carbonyl (C=O) groups is 1. The van der Waals surface area contributed by atoms with Gasteiger partial charge < -0.3 is 9.64 Å². The van der Waals surface area contributed by atoms with E-state index in [9.17, 15) is 9.18 Å². The molecular weight excluding hydrogens is 307 g/mol. The molecule has 0 aromatic heterocycles. The van der Waals surface area contributed by atoms with Gasteiger partial charge in [0, 0.05) is 31.2 Å². The Morgan fingerprint density at radius 1 is 1.38 bits per heavy atom. The van der Waals surface area contributed by atoms with E-state index in [4.69, 9.17) is 4.74 Å². The number of halogens is 1. The van der Waals surface area contributed by atoms with Gasteiger partial charge in [-0.2, -0.15) is 0 Å². The number of morpholine rings is 1. The van der Waals surface area contributed by atoms with Gasteiger partial charge in [-0.25, -0.2) is 4.39 Å². The Hall–Kier alpha value is -1.46. The molecule has 1 aromatic carbocycles. The van der Waals surface area contributed by atoms with Crippen molar-refractivity contribution in [2.75, 3.05) is 19.6 Å². The molecular formula is C19H27FN2O2. The molecule has 1 heterocycles. The quantitative estimate of drug-likeness (QED) is 0.830. The predicted octanol–water partition coefficient (Wildman–Crippen LogP) is 2.82. The Kier molecular flexibility index (Phi) is 4.92. The fourth-order valence-corrected chi connectivity index (χ4v) is 3.61. The van der Waals surface area contributed by atoms with Gasteiger partial charge in [-0.05, 0) is 39.7 Å². The Labute approximate surface area is 143 Å². The third kappa shape index (κ3) is 4.33. The van der Waals surface area contributed by atoms with Crippen LogP contribution in [0.15, 0.2) is 24.3 Å². The second-order valence-electron chi connectivity index (χ2n) is 7.70. The van der Waals surface area contributed by atoms with Crippen molar-refractivity contribution in [3.05, 3.63) is 35.6 Å². The van der Waals surface area contributed by atoms with Gasteiger partial charge in [-0.3, -0.25) is 9.69 Å². The summed E-state index contributed by atoms with van der Waals surface area (Å²) >= 11 is 0. The van der Waals surface area contributed by atoms with Gasteiger partial charge in [0.05, 0.1) is 18.2 Å². The van der Waals surface area contributed by atoms with Crippen LogP contribution in [-0.4, -0.2) is 53.1 Å². The molecule has 1 aliphatic carbocycles.